The van der Waals surface area contributed by atoms with E-state index in [0.29, 0.717) is 28.2 Å². The summed E-state index contributed by atoms with van der Waals surface area (Å²) >= 11 is 0. The van der Waals surface area contributed by atoms with E-state index in [9.17, 15) is 13.6 Å². The maximum atomic E-state index is 15.3. The second-order valence-corrected chi connectivity index (χ2v) is 9.26. The average molecular weight is 498 g/mol. The number of carbonyl (C=O) groups excluding carboxylic acids is 1. The highest BCUT2D eigenvalue weighted by Gasteiger charge is 2.34. The Kier molecular flexibility index (Phi) is 5.86. The number of nitrogens with zero attached hydrogens (tertiary/aromatic N) is 4. The zero-order valence-corrected chi connectivity index (χ0v) is 20.0. The molecule has 2 N–H and O–H groups in total. The van der Waals surface area contributed by atoms with Crippen molar-refractivity contribution >= 4 is 28.0 Å². The second-order valence-electron chi connectivity index (χ2n) is 9.26. The van der Waals surface area contributed by atoms with Crippen molar-refractivity contribution in [3.63, 3.8) is 0 Å². The molecule has 3 aromatic heterocycles. The van der Waals surface area contributed by atoms with Gasteiger partial charge in [-0.25, -0.2) is 27.9 Å². The van der Waals surface area contributed by atoms with Crippen LogP contribution in [0.15, 0.2) is 43.0 Å². The molecule has 0 saturated heterocycles. The van der Waals surface area contributed by atoms with Crippen LogP contribution in [-0.4, -0.2) is 38.1 Å². The van der Waals surface area contributed by atoms with Crippen molar-refractivity contribution in [2.45, 2.75) is 50.7 Å². The van der Waals surface area contributed by atoms with E-state index >= 15 is 4.39 Å². The highest BCUT2D eigenvalue weighted by atomic mass is 19.3. The number of fused-ring (bicyclic) bond motifs is 2. The Morgan fingerprint density at radius 1 is 1.31 bits per heavy atom. The van der Waals surface area contributed by atoms with Crippen LogP contribution < -0.4 is 5.73 Å². The molecule has 3 heterocycles. The van der Waals surface area contributed by atoms with Gasteiger partial charge in [-0.1, -0.05) is 6.08 Å². The molecule has 1 aliphatic rings. The number of rotatable bonds is 8. The van der Waals surface area contributed by atoms with Crippen molar-refractivity contribution in [2.75, 3.05) is 7.11 Å². The lowest BCUT2D eigenvalue weighted by molar-refractivity contribution is -0.0117. The molecule has 1 saturated carbocycles. The molecule has 188 valence electrons. The molecule has 1 unspecified atom stereocenters. The highest BCUT2D eigenvalue weighted by Crippen LogP contribution is 2.43. The first-order valence-corrected chi connectivity index (χ1v) is 11.7. The molecule has 1 fully saturated rings. The van der Waals surface area contributed by atoms with Crippen molar-refractivity contribution in [1.82, 2.24) is 19.1 Å². The number of pyridine rings is 1. The molecule has 10 heteroatoms. The number of allylic oxidation sites excluding steroid dienone is 1. The molecule has 4 aromatic rings. The second kappa shape index (κ2) is 8.77. The van der Waals surface area contributed by atoms with Gasteiger partial charge in [0.2, 0.25) is 0 Å². The Bertz CT molecular complexity index is 1500. The smallest absolute Gasteiger partial charge is 0.338 e. The van der Waals surface area contributed by atoms with Gasteiger partial charge in [-0.15, -0.1) is 6.58 Å². The molecule has 0 bridgehead atoms. The Hall–Kier alpha value is -3.66. The number of benzene rings is 1. The minimum absolute atomic E-state index is 0.0239. The van der Waals surface area contributed by atoms with Gasteiger partial charge in [-0.3, -0.25) is 0 Å². The van der Waals surface area contributed by atoms with E-state index in [4.69, 9.17) is 10.5 Å². The predicted octanol–water partition coefficient (Wildman–Crippen LogP) is 5.54. The third-order valence-corrected chi connectivity index (χ3v) is 6.37. The van der Waals surface area contributed by atoms with Crippen molar-refractivity contribution in [3.05, 3.63) is 60.1 Å². The first-order valence-electron chi connectivity index (χ1n) is 11.7. The molecule has 1 aliphatic carbocycles. The predicted molar refractivity (Wildman–Crippen MR) is 130 cm³/mol. The molecular formula is C26H26F3N5O2. The Balaban J connectivity index is 1.79. The standard InChI is InChI=1S/C26H26F3N5O2/c1-4-9-26(28,29)13-33-21(12-15-5-8-19(14(2)30)31-23(15)33)24-32-20-11-16(25(35)36-3)10-18(27)22(20)34(24)17-6-7-17/h4-5,8,10-12,14,17H,1,6-7,9,13,30H2,2-3H3. The van der Waals surface area contributed by atoms with Gasteiger partial charge in [-0.05, 0) is 50.1 Å². The fraction of sp³-hybridized carbons (Fsp3) is 0.346. The lowest BCUT2D eigenvalue weighted by Crippen LogP contribution is -2.24. The van der Waals surface area contributed by atoms with Crippen LogP contribution in [0.2, 0.25) is 0 Å². The third-order valence-electron chi connectivity index (χ3n) is 6.37. The van der Waals surface area contributed by atoms with Crippen LogP contribution in [0.25, 0.3) is 33.6 Å². The van der Waals surface area contributed by atoms with Crippen LogP contribution in [-0.2, 0) is 11.3 Å². The van der Waals surface area contributed by atoms with E-state index in [-0.39, 0.29) is 22.6 Å². The summed E-state index contributed by atoms with van der Waals surface area (Å²) in [7, 11) is 1.21. The van der Waals surface area contributed by atoms with E-state index in [1.165, 1.54) is 23.8 Å². The lowest BCUT2D eigenvalue weighted by Gasteiger charge is -2.19. The van der Waals surface area contributed by atoms with Crippen LogP contribution >= 0.6 is 0 Å². The molecule has 0 aliphatic heterocycles. The number of alkyl halides is 2. The third kappa shape index (κ3) is 4.15. The fourth-order valence-electron chi connectivity index (χ4n) is 4.53. The summed E-state index contributed by atoms with van der Waals surface area (Å²) in [6, 6.07) is 7.42. The van der Waals surface area contributed by atoms with Crippen molar-refractivity contribution in [2.24, 2.45) is 5.73 Å². The first kappa shape index (κ1) is 24.1. The maximum absolute atomic E-state index is 15.3. The zero-order valence-electron chi connectivity index (χ0n) is 20.0. The molecule has 1 aromatic carbocycles. The number of esters is 1. The van der Waals surface area contributed by atoms with E-state index in [1.54, 1.807) is 29.7 Å². The van der Waals surface area contributed by atoms with Gasteiger partial charge in [0.15, 0.2) is 5.82 Å². The maximum Gasteiger partial charge on any atom is 0.338 e. The summed E-state index contributed by atoms with van der Waals surface area (Å²) in [5.41, 5.74) is 7.78. The minimum atomic E-state index is -3.10. The summed E-state index contributed by atoms with van der Waals surface area (Å²) in [5.74, 6) is -4.09. The summed E-state index contributed by atoms with van der Waals surface area (Å²) < 4.78 is 53.0. The van der Waals surface area contributed by atoms with E-state index in [2.05, 4.69) is 16.5 Å². The van der Waals surface area contributed by atoms with Crippen molar-refractivity contribution < 1.29 is 22.7 Å². The summed E-state index contributed by atoms with van der Waals surface area (Å²) in [5, 5.41) is 0.633. The van der Waals surface area contributed by atoms with Gasteiger partial charge in [0.25, 0.3) is 5.92 Å². The Labute approximate surface area is 205 Å². The fourth-order valence-corrected chi connectivity index (χ4v) is 4.53. The van der Waals surface area contributed by atoms with Crippen LogP contribution in [0, 0.1) is 5.82 Å². The summed E-state index contributed by atoms with van der Waals surface area (Å²) in [4.78, 5) is 21.3. The molecule has 5 rings (SSSR count). The van der Waals surface area contributed by atoms with Gasteiger partial charge in [0.05, 0.1) is 36.1 Å². The van der Waals surface area contributed by atoms with Crippen molar-refractivity contribution in [3.8, 4) is 11.5 Å². The Morgan fingerprint density at radius 2 is 2.06 bits per heavy atom. The topological polar surface area (TPSA) is 88.0 Å². The van der Waals surface area contributed by atoms with Gasteiger partial charge in [-0.2, -0.15) is 0 Å². The number of hydrogen-bond acceptors (Lipinski definition) is 5. The van der Waals surface area contributed by atoms with Crippen LogP contribution in [0.5, 0.6) is 0 Å². The summed E-state index contributed by atoms with van der Waals surface area (Å²) in [6.45, 7) is 4.55. The molecule has 1 atom stereocenters. The number of methoxy groups -OCH3 is 1. The SMILES string of the molecule is C=CCC(F)(F)Cn1c(-c2nc3cc(C(=O)OC)cc(F)c3n2C2CC2)cc2ccc(C(C)N)nc21. The van der Waals surface area contributed by atoms with Crippen LogP contribution in [0.1, 0.15) is 54.3 Å². The molecule has 36 heavy (non-hydrogen) atoms. The number of imidazole rings is 1. The molecular weight excluding hydrogens is 471 g/mol. The summed E-state index contributed by atoms with van der Waals surface area (Å²) in [6.07, 6.45) is 2.26. The lowest BCUT2D eigenvalue weighted by atomic mass is 10.2. The molecule has 7 nitrogen and oxygen atoms in total. The molecule has 0 radical (unpaired) electrons. The van der Waals surface area contributed by atoms with Gasteiger partial charge >= 0.3 is 5.97 Å². The first-order chi connectivity index (χ1) is 17.1. The number of hydrogen-bond donors (Lipinski definition) is 1. The van der Waals surface area contributed by atoms with Gasteiger partial charge in [0.1, 0.15) is 17.0 Å². The molecule has 0 spiro atoms. The number of carbonyl (C=O) groups is 1. The highest BCUT2D eigenvalue weighted by molar-refractivity contribution is 5.95. The van der Waals surface area contributed by atoms with Gasteiger partial charge in [0, 0.05) is 23.9 Å². The van der Waals surface area contributed by atoms with E-state index in [1.807, 2.05) is 0 Å². The molecule has 0 amide bonds. The number of halogens is 3. The van der Waals surface area contributed by atoms with E-state index < -0.39 is 36.7 Å². The number of ether oxygens (including phenoxy) is 1. The average Bonchev–Trinajstić information content (AvgIpc) is 3.51. The normalized spacial score (nSPS) is 14.9. The quantitative estimate of drug-likeness (QED) is 0.255. The van der Waals surface area contributed by atoms with Crippen molar-refractivity contribution in [1.29, 1.82) is 0 Å². The zero-order chi connectivity index (χ0) is 25.8. The number of aromatic nitrogens is 4. The number of nitrogens with two attached hydrogens (primary N) is 1. The Morgan fingerprint density at radius 3 is 2.69 bits per heavy atom. The van der Waals surface area contributed by atoms with Gasteiger partial charge < -0.3 is 19.6 Å². The van der Waals surface area contributed by atoms with Crippen LogP contribution in [0.3, 0.4) is 0 Å². The van der Waals surface area contributed by atoms with Crippen LogP contribution in [0.4, 0.5) is 13.2 Å². The largest absolute Gasteiger partial charge is 0.465 e. The van der Waals surface area contributed by atoms with E-state index in [0.717, 1.165) is 18.9 Å². The minimum Gasteiger partial charge on any atom is -0.465 e. The monoisotopic (exact) mass is 497 g/mol.